The Balaban J connectivity index is 2.22. The van der Waals surface area contributed by atoms with Gasteiger partial charge in [-0.15, -0.1) is 0 Å². The molecule has 0 saturated heterocycles. The number of nitrogens with two attached hydrogens (primary N) is 1. The molecule has 92 valence electrons. The Labute approximate surface area is 104 Å². The van der Waals surface area contributed by atoms with Crippen LogP contribution in [0.25, 0.3) is 22.3 Å². The molecule has 2 N–H and O–H groups in total. The summed E-state index contributed by atoms with van der Waals surface area (Å²) in [6.45, 7) is 0. The van der Waals surface area contributed by atoms with Crippen molar-refractivity contribution in [3.63, 3.8) is 0 Å². The fraction of sp³-hybridized carbons (Fsp3) is 0.154. The lowest BCUT2D eigenvalue weighted by Gasteiger charge is -2.01. The molecule has 0 bridgehead atoms. The number of hydrogen-bond donors (Lipinski definition) is 1. The van der Waals surface area contributed by atoms with Crippen LogP contribution < -0.4 is 10.5 Å². The van der Waals surface area contributed by atoms with Gasteiger partial charge in [-0.05, 0) is 24.3 Å². The molecule has 0 amide bonds. The number of benzene rings is 1. The highest BCUT2D eigenvalue weighted by Crippen LogP contribution is 2.29. The maximum Gasteiger partial charge on any atom is 0.222 e. The van der Waals surface area contributed by atoms with Gasteiger partial charge in [-0.1, -0.05) is 5.16 Å². The third-order valence-corrected chi connectivity index (χ3v) is 3.04. The van der Waals surface area contributed by atoms with E-state index in [2.05, 4.69) is 5.16 Å². The van der Waals surface area contributed by atoms with Gasteiger partial charge in [0.05, 0.1) is 12.8 Å². The summed E-state index contributed by atoms with van der Waals surface area (Å²) >= 11 is 0. The van der Waals surface area contributed by atoms with Crippen LogP contribution in [0.1, 0.15) is 0 Å². The Morgan fingerprint density at radius 1 is 1.28 bits per heavy atom. The molecule has 5 heteroatoms. The minimum atomic E-state index is 0.313. The van der Waals surface area contributed by atoms with E-state index in [1.807, 2.05) is 35.9 Å². The lowest BCUT2D eigenvalue weighted by molar-refractivity contribution is 0.415. The van der Waals surface area contributed by atoms with E-state index in [0.717, 1.165) is 28.0 Å². The van der Waals surface area contributed by atoms with Gasteiger partial charge >= 0.3 is 0 Å². The molecule has 2 aromatic heterocycles. The molecular weight excluding hydrogens is 230 g/mol. The van der Waals surface area contributed by atoms with Gasteiger partial charge in [-0.2, -0.15) is 0 Å². The van der Waals surface area contributed by atoms with Crippen molar-refractivity contribution in [2.75, 3.05) is 12.8 Å². The molecule has 3 aromatic rings. The first-order chi connectivity index (χ1) is 8.69. The summed E-state index contributed by atoms with van der Waals surface area (Å²) in [6, 6.07) is 9.69. The molecule has 0 saturated carbocycles. The van der Waals surface area contributed by atoms with E-state index in [-0.39, 0.29) is 0 Å². The Morgan fingerprint density at radius 3 is 2.78 bits per heavy atom. The van der Waals surface area contributed by atoms with Crippen molar-refractivity contribution in [2.24, 2.45) is 7.05 Å². The summed E-state index contributed by atoms with van der Waals surface area (Å²) < 4.78 is 12.2. The smallest absolute Gasteiger partial charge is 0.222 e. The highest BCUT2D eigenvalue weighted by atomic mass is 16.5. The highest BCUT2D eigenvalue weighted by molar-refractivity contribution is 5.87. The van der Waals surface area contributed by atoms with Gasteiger partial charge in [-0.3, -0.25) is 0 Å². The number of aryl methyl sites for hydroxylation is 1. The van der Waals surface area contributed by atoms with E-state index in [9.17, 15) is 0 Å². The van der Waals surface area contributed by atoms with Crippen molar-refractivity contribution in [3.05, 3.63) is 30.3 Å². The predicted octanol–water partition coefficient (Wildman–Crippen LogP) is 2.42. The highest BCUT2D eigenvalue weighted by Gasteiger charge is 2.12. The molecule has 0 aliphatic heterocycles. The van der Waals surface area contributed by atoms with E-state index in [1.165, 1.54) is 0 Å². The first kappa shape index (κ1) is 10.7. The van der Waals surface area contributed by atoms with Gasteiger partial charge in [0.25, 0.3) is 0 Å². The number of anilines is 1. The molecule has 0 aliphatic rings. The van der Waals surface area contributed by atoms with E-state index in [4.69, 9.17) is 15.0 Å². The van der Waals surface area contributed by atoms with Crippen LogP contribution in [0.15, 0.2) is 34.9 Å². The predicted molar refractivity (Wildman–Crippen MR) is 69.4 cm³/mol. The molecule has 1 aromatic carbocycles. The van der Waals surface area contributed by atoms with Crippen molar-refractivity contribution < 1.29 is 9.26 Å². The largest absolute Gasteiger partial charge is 0.497 e. The van der Waals surface area contributed by atoms with Crippen molar-refractivity contribution in [3.8, 4) is 17.1 Å². The summed E-state index contributed by atoms with van der Waals surface area (Å²) in [4.78, 5) is 0. The fourth-order valence-corrected chi connectivity index (χ4v) is 2.11. The Morgan fingerprint density at radius 2 is 2.11 bits per heavy atom. The van der Waals surface area contributed by atoms with Crippen molar-refractivity contribution in [1.29, 1.82) is 0 Å². The second-order valence-electron chi connectivity index (χ2n) is 4.13. The van der Waals surface area contributed by atoms with E-state index in [1.54, 1.807) is 13.2 Å². The number of aromatic nitrogens is 2. The zero-order chi connectivity index (χ0) is 12.7. The molecule has 0 fully saturated rings. The fourth-order valence-electron chi connectivity index (χ4n) is 2.11. The second kappa shape index (κ2) is 3.80. The van der Waals surface area contributed by atoms with E-state index >= 15 is 0 Å². The number of nitrogens with zero attached hydrogens (tertiary/aromatic N) is 2. The normalized spacial score (nSPS) is 11.0. The van der Waals surface area contributed by atoms with Gasteiger partial charge in [-0.25, -0.2) is 0 Å². The minimum Gasteiger partial charge on any atom is -0.497 e. The van der Waals surface area contributed by atoms with Gasteiger partial charge in [0, 0.05) is 24.0 Å². The summed E-state index contributed by atoms with van der Waals surface area (Å²) in [6.07, 6.45) is 0. The monoisotopic (exact) mass is 243 g/mol. The Hall–Kier alpha value is -2.43. The molecule has 0 spiro atoms. The lowest BCUT2D eigenvalue weighted by Crippen LogP contribution is -1.91. The molecule has 0 atom stereocenters. The number of fused-ring (bicyclic) bond motifs is 1. The third kappa shape index (κ3) is 1.52. The van der Waals surface area contributed by atoms with Crippen molar-refractivity contribution >= 4 is 16.8 Å². The summed E-state index contributed by atoms with van der Waals surface area (Å²) in [7, 11) is 3.64. The van der Waals surface area contributed by atoms with Crippen LogP contribution in [0.5, 0.6) is 5.75 Å². The minimum absolute atomic E-state index is 0.313. The standard InChI is InChI=1S/C13H13N3O2/c1-16-11-4-3-9(17-2)5-8(11)6-12(16)10-7-13(14)18-15-10/h3-7H,14H2,1-2H3. The number of ether oxygens (including phenoxy) is 1. The van der Waals surface area contributed by atoms with Gasteiger partial charge < -0.3 is 19.6 Å². The number of rotatable bonds is 2. The molecule has 2 heterocycles. The average Bonchev–Trinajstić information content (AvgIpc) is 2.93. The maximum absolute atomic E-state index is 5.55. The van der Waals surface area contributed by atoms with Crippen LogP contribution in [0, 0.1) is 0 Å². The quantitative estimate of drug-likeness (QED) is 0.750. The Bertz CT molecular complexity index is 712. The second-order valence-corrected chi connectivity index (χ2v) is 4.13. The zero-order valence-electron chi connectivity index (χ0n) is 10.2. The molecule has 5 nitrogen and oxygen atoms in total. The first-order valence-corrected chi connectivity index (χ1v) is 5.55. The molecule has 0 aliphatic carbocycles. The molecule has 0 unspecified atom stereocenters. The number of nitrogen functional groups attached to an aromatic ring is 1. The van der Waals surface area contributed by atoms with Gasteiger partial charge in [0.15, 0.2) is 0 Å². The third-order valence-electron chi connectivity index (χ3n) is 3.04. The molecule has 18 heavy (non-hydrogen) atoms. The van der Waals surface area contributed by atoms with Crippen LogP contribution >= 0.6 is 0 Å². The van der Waals surface area contributed by atoms with E-state index in [0.29, 0.717) is 5.88 Å². The Kier molecular flexibility index (Phi) is 2.26. The molecule has 3 rings (SSSR count). The van der Waals surface area contributed by atoms with Crippen LogP contribution in [-0.2, 0) is 7.05 Å². The number of methoxy groups -OCH3 is 1. The summed E-state index contributed by atoms with van der Waals surface area (Å²) in [5.74, 6) is 1.15. The van der Waals surface area contributed by atoms with Crippen molar-refractivity contribution in [2.45, 2.75) is 0 Å². The first-order valence-electron chi connectivity index (χ1n) is 5.55. The summed E-state index contributed by atoms with van der Waals surface area (Å²) in [5.41, 5.74) is 8.34. The van der Waals surface area contributed by atoms with E-state index < -0.39 is 0 Å². The van der Waals surface area contributed by atoms with Crippen molar-refractivity contribution in [1.82, 2.24) is 9.72 Å². The van der Waals surface area contributed by atoms with Gasteiger partial charge in [0.2, 0.25) is 5.88 Å². The number of hydrogen-bond acceptors (Lipinski definition) is 4. The van der Waals surface area contributed by atoms with Crippen LogP contribution in [-0.4, -0.2) is 16.8 Å². The molecular formula is C13H13N3O2. The zero-order valence-corrected chi connectivity index (χ0v) is 10.2. The molecule has 0 radical (unpaired) electrons. The lowest BCUT2D eigenvalue weighted by atomic mass is 10.2. The summed E-state index contributed by atoms with van der Waals surface area (Å²) in [5, 5.41) is 5.02. The van der Waals surface area contributed by atoms with Crippen LogP contribution in [0.4, 0.5) is 5.88 Å². The van der Waals surface area contributed by atoms with Gasteiger partial charge in [0.1, 0.15) is 11.4 Å². The van der Waals surface area contributed by atoms with Crippen LogP contribution in [0.2, 0.25) is 0 Å². The topological polar surface area (TPSA) is 66.2 Å². The maximum atomic E-state index is 5.55. The average molecular weight is 243 g/mol. The SMILES string of the molecule is COc1ccc2c(c1)cc(-c1cc(N)on1)n2C. The van der Waals surface area contributed by atoms with Crippen LogP contribution in [0.3, 0.4) is 0 Å².